The molecule has 0 fully saturated rings. The van der Waals surface area contributed by atoms with Gasteiger partial charge in [-0.15, -0.1) is 0 Å². The van der Waals surface area contributed by atoms with E-state index in [1.165, 1.54) is 11.1 Å². The molecule has 5 heteroatoms. The highest BCUT2D eigenvalue weighted by Gasteiger charge is 2.17. The Balaban J connectivity index is 1.86. The highest BCUT2D eigenvalue weighted by atomic mass is 79.9. The molecular formula is C29H29BBrN3. The van der Waals surface area contributed by atoms with Gasteiger partial charge in [0.15, 0.2) is 17.5 Å². The van der Waals surface area contributed by atoms with E-state index < -0.39 is 0 Å². The normalized spacial score (nSPS) is 12.1. The summed E-state index contributed by atoms with van der Waals surface area (Å²) >= 11 is 3.54. The Bertz CT molecular complexity index is 1220. The SMILES string of the molecule is [B]c1cc(Br)cc(-c2nc(-c3ccc(C(C)(C)C)cc3)nc(-c3ccc(C(C)(C)C)cc3)n2)c1. The molecule has 0 bridgehead atoms. The lowest BCUT2D eigenvalue weighted by atomic mass is 9.86. The molecule has 0 amide bonds. The second kappa shape index (κ2) is 9.11. The Hall–Kier alpha value is -2.79. The van der Waals surface area contributed by atoms with Crippen LogP contribution in [0.1, 0.15) is 52.7 Å². The lowest BCUT2D eigenvalue weighted by Gasteiger charge is -2.19. The van der Waals surface area contributed by atoms with Gasteiger partial charge in [0.2, 0.25) is 0 Å². The van der Waals surface area contributed by atoms with Gasteiger partial charge in [-0.2, -0.15) is 0 Å². The van der Waals surface area contributed by atoms with Gasteiger partial charge in [-0.25, -0.2) is 15.0 Å². The van der Waals surface area contributed by atoms with Crippen LogP contribution in [0, 0.1) is 0 Å². The van der Waals surface area contributed by atoms with E-state index in [0.29, 0.717) is 22.9 Å². The minimum absolute atomic E-state index is 0.0800. The average molecular weight is 510 g/mol. The quantitative estimate of drug-likeness (QED) is 0.278. The lowest BCUT2D eigenvalue weighted by Crippen LogP contribution is -2.11. The topological polar surface area (TPSA) is 38.7 Å². The third-order valence-corrected chi connectivity index (χ3v) is 6.29. The van der Waals surface area contributed by atoms with Gasteiger partial charge in [-0.05, 0) is 28.0 Å². The number of aromatic nitrogens is 3. The molecule has 1 aromatic heterocycles. The van der Waals surface area contributed by atoms with Crippen LogP contribution in [-0.4, -0.2) is 22.8 Å². The van der Waals surface area contributed by atoms with Crippen molar-refractivity contribution in [2.75, 3.05) is 0 Å². The summed E-state index contributed by atoms with van der Waals surface area (Å²) in [7, 11) is 6.11. The Morgan fingerprint density at radius 3 is 1.29 bits per heavy atom. The molecule has 0 aliphatic heterocycles. The van der Waals surface area contributed by atoms with Gasteiger partial charge >= 0.3 is 0 Å². The molecule has 170 valence electrons. The molecule has 0 N–H and O–H groups in total. The molecule has 0 saturated carbocycles. The fourth-order valence-electron chi connectivity index (χ4n) is 3.74. The van der Waals surface area contributed by atoms with Gasteiger partial charge in [0, 0.05) is 21.2 Å². The molecule has 0 saturated heterocycles. The first-order valence-electron chi connectivity index (χ1n) is 11.4. The summed E-state index contributed by atoms with van der Waals surface area (Å²) in [6, 6.07) is 22.7. The predicted octanol–water partition coefficient (Wildman–Crippen LogP) is 7.02. The molecule has 0 aliphatic carbocycles. The fraction of sp³-hybridized carbons (Fsp3) is 0.276. The third kappa shape index (κ3) is 5.47. The zero-order valence-electron chi connectivity index (χ0n) is 20.6. The van der Waals surface area contributed by atoms with E-state index in [4.69, 9.17) is 22.8 Å². The van der Waals surface area contributed by atoms with Crippen molar-refractivity contribution in [3.63, 3.8) is 0 Å². The van der Waals surface area contributed by atoms with Crippen LogP contribution in [0.2, 0.25) is 0 Å². The first kappa shape index (κ1) is 24.3. The number of rotatable bonds is 3. The van der Waals surface area contributed by atoms with Gasteiger partial charge in [-0.3, -0.25) is 0 Å². The van der Waals surface area contributed by atoms with Crippen LogP contribution >= 0.6 is 15.9 Å². The summed E-state index contributed by atoms with van der Waals surface area (Å²) in [6.45, 7) is 13.3. The first-order chi connectivity index (χ1) is 15.9. The summed E-state index contributed by atoms with van der Waals surface area (Å²) < 4.78 is 0.884. The standard InChI is InChI=1S/C29H29BBrN3/c1-28(2,3)21-11-7-18(8-12-21)25-32-26(19-9-13-22(14-10-19)29(4,5)6)34-27(33-25)20-15-23(30)17-24(31)16-20/h7-17H,1-6H3. The Labute approximate surface area is 212 Å². The highest BCUT2D eigenvalue weighted by Crippen LogP contribution is 2.29. The number of benzene rings is 3. The highest BCUT2D eigenvalue weighted by molar-refractivity contribution is 9.10. The summed E-state index contributed by atoms with van der Waals surface area (Å²) in [5.74, 6) is 1.87. The van der Waals surface area contributed by atoms with Crippen LogP contribution < -0.4 is 5.46 Å². The minimum Gasteiger partial charge on any atom is -0.208 e. The minimum atomic E-state index is 0.0800. The van der Waals surface area contributed by atoms with E-state index in [1.54, 1.807) is 0 Å². The molecule has 4 rings (SSSR count). The van der Waals surface area contributed by atoms with Crippen molar-refractivity contribution >= 4 is 29.2 Å². The second-order valence-electron chi connectivity index (χ2n) is 10.7. The van der Waals surface area contributed by atoms with Gasteiger partial charge in [-0.1, -0.05) is 124 Å². The van der Waals surface area contributed by atoms with Gasteiger partial charge in [0.25, 0.3) is 0 Å². The van der Waals surface area contributed by atoms with Crippen LogP contribution in [0.5, 0.6) is 0 Å². The van der Waals surface area contributed by atoms with Gasteiger partial charge in [0.1, 0.15) is 7.85 Å². The number of hydrogen-bond acceptors (Lipinski definition) is 3. The fourth-order valence-corrected chi connectivity index (χ4v) is 4.25. The van der Waals surface area contributed by atoms with E-state index in [0.717, 1.165) is 21.2 Å². The van der Waals surface area contributed by atoms with Crippen LogP contribution in [0.4, 0.5) is 0 Å². The maximum absolute atomic E-state index is 6.11. The molecule has 3 nitrogen and oxygen atoms in total. The zero-order chi connectivity index (χ0) is 24.7. The second-order valence-corrected chi connectivity index (χ2v) is 11.6. The van der Waals surface area contributed by atoms with Crippen molar-refractivity contribution in [2.45, 2.75) is 52.4 Å². The summed E-state index contributed by atoms with van der Waals surface area (Å²) in [5.41, 5.74) is 6.09. The smallest absolute Gasteiger partial charge is 0.164 e. The van der Waals surface area contributed by atoms with Crippen LogP contribution in [-0.2, 0) is 10.8 Å². The zero-order valence-corrected chi connectivity index (χ0v) is 22.2. The van der Waals surface area contributed by atoms with E-state index in [-0.39, 0.29) is 10.8 Å². The summed E-state index contributed by atoms with van der Waals surface area (Å²) in [6.07, 6.45) is 0. The van der Waals surface area contributed by atoms with Crippen LogP contribution in [0.15, 0.2) is 71.2 Å². The van der Waals surface area contributed by atoms with Crippen molar-refractivity contribution in [1.29, 1.82) is 0 Å². The first-order valence-corrected chi connectivity index (χ1v) is 12.2. The van der Waals surface area contributed by atoms with Crippen LogP contribution in [0.25, 0.3) is 34.2 Å². The Morgan fingerprint density at radius 2 is 0.941 bits per heavy atom. The van der Waals surface area contributed by atoms with Crippen molar-refractivity contribution in [3.8, 4) is 34.2 Å². The molecule has 2 radical (unpaired) electrons. The molecule has 1 heterocycles. The molecule has 3 aromatic carbocycles. The summed E-state index contributed by atoms with van der Waals surface area (Å²) in [5, 5.41) is 0. The van der Waals surface area contributed by atoms with Crippen molar-refractivity contribution in [2.24, 2.45) is 0 Å². The Morgan fingerprint density at radius 1 is 0.559 bits per heavy atom. The molecule has 0 aliphatic rings. The average Bonchev–Trinajstić information content (AvgIpc) is 2.77. The third-order valence-electron chi connectivity index (χ3n) is 5.83. The number of nitrogens with zero attached hydrogens (tertiary/aromatic N) is 3. The maximum atomic E-state index is 6.11. The van der Waals surface area contributed by atoms with E-state index in [2.05, 4.69) is 106 Å². The molecule has 0 atom stereocenters. The van der Waals surface area contributed by atoms with Crippen molar-refractivity contribution in [1.82, 2.24) is 15.0 Å². The molecular weight excluding hydrogens is 481 g/mol. The number of hydrogen-bond donors (Lipinski definition) is 0. The maximum Gasteiger partial charge on any atom is 0.164 e. The van der Waals surface area contributed by atoms with Gasteiger partial charge in [0.05, 0.1) is 0 Å². The molecule has 34 heavy (non-hydrogen) atoms. The van der Waals surface area contributed by atoms with Gasteiger partial charge < -0.3 is 0 Å². The van der Waals surface area contributed by atoms with E-state index in [9.17, 15) is 0 Å². The van der Waals surface area contributed by atoms with E-state index >= 15 is 0 Å². The Kier molecular flexibility index (Phi) is 6.52. The lowest BCUT2D eigenvalue weighted by molar-refractivity contribution is 0.590. The molecule has 0 spiro atoms. The largest absolute Gasteiger partial charge is 0.208 e. The molecule has 0 unspecified atom stereocenters. The molecule has 4 aromatic rings. The van der Waals surface area contributed by atoms with Crippen molar-refractivity contribution < 1.29 is 0 Å². The monoisotopic (exact) mass is 509 g/mol. The van der Waals surface area contributed by atoms with Crippen LogP contribution in [0.3, 0.4) is 0 Å². The van der Waals surface area contributed by atoms with E-state index in [1.807, 2.05) is 18.2 Å². The predicted molar refractivity (Wildman–Crippen MR) is 147 cm³/mol. The van der Waals surface area contributed by atoms with Crippen molar-refractivity contribution in [3.05, 3.63) is 82.3 Å². The summed E-state index contributed by atoms with van der Waals surface area (Å²) in [4.78, 5) is 14.5. The number of halogens is 1.